The Morgan fingerprint density at radius 3 is 2.58 bits per heavy atom. The lowest BCUT2D eigenvalue weighted by Crippen LogP contribution is -2.50. The number of hydrogen-bond acceptors (Lipinski definition) is 5. The highest BCUT2D eigenvalue weighted by Gasteiger charge is 2.27. The zero-order chi connectivity index (χ0) is 18.5. The summed E-state index contributed by atoms with van der Waals surface area (Å²) >= 11 is 0. The van der Waals surface area contributed by atoms with E-state index in [2.05, 4.69) is 10.2 Å². The van der Waals surface area contributed by atoms with E-state index in [0.717, 1.165) is 51.1 Å². The zero-order valence-electron chi connectivity index (χ0n) is 15.9. The van der Waals surface area contributed by atoms with Crippen molar-refractivity contribution >= 4 is 5.91 Å². The van der Waals surface area contributed by atoms with Gasteiger partial charge < -0.3 is 19.5 Å². The minimum absolute atomic E-state index is 0.123. The number of hydrogen-bond donors (Lipinski definition) is 1. The van der Waals surface area contributed by atoms with Gasteiger partial charge in [-0.1, -0.05) is 0 Å². The van der Waals surface area contributed by atoms with Crippen molar-refractivity contribution in [3.63, 3.8) is 0 Å². The van der Waals surface area contributed by atoms with E-state index in [1.54, 1.807) is 11.7 Å². The molecule has 7 nitrogen and oxygen atoms in total. The van der Waals surface area contributed by atoms with Crippen LogP contribution in [0.15, 0.2) is 17.1 Å². The van der Waals surface area contributed by atoms with Gasteiger partial charge in [-0.15, -0.1) is 0 Å². The molecule has 0 radical (unpaired) electrons. The average molecular weight is 362 g/mol. The molecule has 0 aromatic carbocycles. The first-order chi connectivity index (χ1) is 12.6. The van der Waals surface area contributed by atoms with Crippen LogP contribution in [-0.4, -0.2) is 79.8 Å². The third kappa shape index (κ3) is 4.16. The third-order valence-electron chi connectivity index (χ3n) is 5.51. The zero-order valence-corrected chi connectivity index (χ0v) is 15.9. The number of nitrogens with zero attached hydrogens (tertiary/aromatic N) is 3. The summed E-state index contributed by atoms with van der Waals surface area (Å²) in [6.07, 6.45) is 3.71. The molecule has 0 atom stereocenters. The number of carbonyl (C=O) groups is 1. The highest BCUT2D eigenvalue weighted by molar-refractivity contribution is 5.95. The summed E-state index contributed by atoms with van der Waals surface area (Å²) in [4.78, 5) is 30.2. The maximum Gasteiger partial charge on any atom is 0.263 e. The largest absolute Gasteiger partial charge is 0.383 e. The Bertz CT molecular complexity index is 674. The Labute approximate surface area is 154 Å². The van der Waals surface area contributed by atoms with Crippen LogP contribution in [0.5, 0.6) is 0 Å². The number of aryl methyl sites for hydroxylation is 1. The second-order valence-electron chi connectivity index (χ2n) is 7.19. The molecule has 1 aromatic heterocycles. The van der Waals surface area contributed by atoms with Gasteiger partial charge in [0, 0.05) is 52.1 Å². The number of amides is 1. The number of piperidine rings is 1. The average Bonchev–Trinajstić information content (AvgIpc) is 2.67. The molecule has 0 bridgehead atoms. The standard InChI is InChI=1S/C19H30N4O3/c1-15-5-8-23(16-3-6-20-7-4-16)19(25)17(15)18(24)22-11-9-21(10-12-22)13-14-26-2/h5,8,16,20H,3-4,6-7,9-14H2,1-2H3. The maximum atomic E-state index is 13.1. The molecule has 3 heterocycles. The van der Waals surface area contributed by atoms with Crippen LogP contribution in [0.2, 0.25) is 0 Å². The molecular weight excluding hydrogens is 332 g/mol. The van der Waals surface area contributed by atoms with Crippen molar-refractivity contribution < 1.29 is 9.53 Å². The molecule has 7 heteroatoms. The van der Waals surface area contributed by atoms with Crippen LogP contribution in [0.3, 0.4) is 0 Å². The maximum absolute atomic E-state index is 13.1. The van der Waals surface area contributed by atoms with E-state index in [-0.39, 0.29) is 17.5 Å². The van der Waals surface area contributed by atoms with Crippen LogP contribution in [0.25, 0.3) is 0 Å². The number of carbonyl (C=O) groups excluding carboxylic acids is 1. The Balaban J connectivity index is 1.74. The van der Waals surface area contributed by atoms with Crippen molar-refractivity contribution in [2.45, 2.75) is 25.8 Å². The molecule has 0 saturated carbocycles. The molecule has 2 saturated heterocycles. The number of pyridine rings is 1. The molecule has 0 spiro atoms. The van der Waals surface area contributed by atoms with Gasteiger partial charge in [-0.25, -0.2) is 0 Å². The predicted molar refractivity (Wildman–Crippen MR) is 101 cm³/mol. The van der Waals surface area contributed by atoms with E-state index in [1.807, 2.05) is 24.1 Å². The summed E-state index contributed by atoms with van der Waals surface area (Å²) < 4.78 is 6.89. The molecular formula is C19H30N4O3. The van der Waals surface area contributed by atoms with E-state index in [0.29, 0.717) is 25.3 Å². The van der Waals surface area contributed by atoms with Gasteiger partial charge in [-0.3, -0.25) is 14.5 Å². The van der Waals surface area contributed by atoms with Gasteiger partial charge in [0.15, 0.2) is 0 Å². The van der Waals surface area contributed by atoms with Gasteiger partial charge in [0.25, 0.3) is 11.5 Å². The first-order valence-electron chi connectivity index (χ1n) is 9.55. The molecule has 3 rings (SSSR count). The van der Waals surface area contributed by atoms with Gasteiger partial charge in [-0.2, -0.15) is 0 Å². The number of piperazine rings is 1. The minimum Gasteiger partial charge on any atom is -0.383 e. The number of rotatable bonds is 5. The second-order valence-corrected chi connectivity index (χ2v) is 7.19. The van der Waals surface area contributed by atoms with Crippen LogP contribution in [0.4, 0.5) is 0 Å². The fourth-order valence-corrected chi connectivity index (χ4v) is 3.83. The van der Waals surface area contributed by atoms with Gasteiger partial charge in [-0.05, 0) is 44.5 Å². The van der Waals surface area contributed by atoms with Crippen molar-refractivity contribution in [1.29, 1.82) is 0 Å². The molecule has 2 fully saturated rings. The lowest BCUT2D eigenvalue weighted by Gasteiger charge is -2.35. The summed E-state index contributed by atoms with van der Waals surface area (Å²) in [5.74, 6) is -0.123. The summed E-state index contributed by atoms with van der Waals surface area (Å²) in [7, 11) is 1.70. The lowest BCUT2D eigenvalue weighted by atomic mass is 10.0. The molecule has 2 aliphatic rings. The molecule has 0 unspecified atom stereocenters. The smallest absolute Gasteiger partial charge is 0.263 e. The van der Waals surface area contributed by atoms with Gasteiger partial charge in [0.1, 0.15) is 5.56 Å². The quantitative estimate of drug-likeness (QED) is 0.826. The molecule has 2 aliphatic heterocycles. The SMILES string of the molecule is COCCN1CCN(C(=O)c2c(C)ccn(C3CCNCC3)c2=O)CC1. The lowest BCUT2D eigenvalue weighted by molar-refractivity contribution is 0.0591. The Hall–Kier alpha value is -1.70. The number of aromatic nitrogens is 1. The Morgan fingerprint density at radius 1 is 1.23 bits per heavy atom. The Morgan fingerprint density at radius 2 is 1.92 bits per heavy atom. The highest BCUT2D eigenvalue weighted by atomic mass is 16.5. The molecule has 1 N–H and O–H groups in total. The summed E-state index contributed by atoms with van der Waals surface area (Å²) in [6.45, 7) is 8.23. The van der Waals surface area contributed by atoms with Crippen LogP contribution in [0.1, 0.15) is 34.8 Å². The van der Waals surface area contributed by atoms with Crippen LogP contribution in [-0.2, 0) is 4.74 Å². The Kier molecular flexibility index (Phi) is 6.45. The third-order valence-corrected chi connectivity index (χ3v) is 5.51. The van der Waals surface area contributed by atoms with E-state index < -0.39 is 0 Å². The van der Waals surface area contributed by atoms with Gasteiger partial charge in [0.05, 0.1) is 6.61 Å². The highest BCUT2D eigenvalue weighted by Crippen LogP contribution is 2.18. The van der Waals surface area contributed by atoms with E-state index in [1.165, 1.54) is 0 Å². The van der Waals surface area contributed by atoms with Crippen molar-refractivity contribution in [3.8, 4) is 0 Å². The number of ether oxygens (including phenoxy) is 1. The van der Waals surface area contributed by atoms with E-state index in [9.17, 15) is 9.59 Å². The van der Waals surface area contributed by atoms with Gasteiger partial charge >= 0.3 is 0 Å². The summed E-state index contributed by atoms with van der Waals surface area (Å²) in [6, 6.07) is 2.09. The van der Waals surface area contributed by atoms with Crippen LogP contribution in [0, 0.1) is 6.92 Å². The number of methoxy groups -OCH3 is 1. The fourth-order valence-electron chi connectivity index (χ4n) is 3.83. The van der Waals surface area contributed by atoms with Crippen molar-refractivity contribution in [3.05, 3.63) is 33.7 Å². The van der Waals surface area contributed by atoms with Crippen molar-refractivity contribution in [2.75, 3.05) is 59.5 Å². The summed E-state index contributed by atoms with van der Waals surface area (Å²) in [5, 5.41) is 3.32. The topological polar surface area (TPSA) is 66.8 Å². The normalized spacial score (nSPS) is 19.7. The van der Waals surface area contributed by atoms with E-state index >= 15 is 0 Å². The molecule has 0 aliphatic carbocycles. The van der Waals surface area contributed by atoms with E-state index in [4.69, 9.17) is 4.74 Å². The van der Waals surface area contributed by atoms with Gasteiger partial charge in [0.2, 0.25) is 0 Å². The second kappa shape index (κ2) is 8.79. The van der Waals surface area contributed by atoms with Crippen molar-refractivity contribution in [1.82, 2.24) is 19.7 Å². The first-order valence-corrected chi connectivity index (χ1v) is 9.55. The molecule has 1 aromatic rings. The summed E-state index contributed by atoms with van der Waals surface area (Å²) in [5.41, 5.74) is 0.979. The minimum atomic E-state index is -0.135. The molecule has 144 valence electrons. The fraction of sp³-hybridized carbons (Fsp3) is 0.684. The number of nitrogens with one attached hydrogen (secondary N) is 1. The predicted octanol–water partition coefficient (Wildman–Crippen LogP) is 0.485. The first kappa shape index (κ1) is 19.1. The van der Waals surface area contributed by atoms with Crippen LogP contribution >= 0.6 is 0 Å². The molecule has 1 amide bonds. The van der Waals surface area contributed by atoms with Crippen molar-refractivity contribution in [2.24, 2.45) is 0 Å². The molecule has 26 heavy (non-hydrogen) atoms. The monoisotopic (exact) mass is 362 g/mol. The van der Waals surface area contributed by atoms with Crippen LogP contribution < -0.4 is 10.9 Å².